The molecule has 0 fully saturated rings. The molecule has 1 aliphatic carbocycles. The number of carbonyl (C=O) groups is 2. The molecule has 0 saturated carbocycles. The summed E-state index contributed by atoms with van der Waals surface area (Å²) in [5, 5.41) is 0.511. The van der Waals surface area contributed by atoms with Gasteiger partial charge in [0.05, 0.1) is 15.8 Å². The molecular weight excluding hydrogens is 408 g/mol. The number of rotatable bonds is 4. The molecule has 0 radical (unpaired) electrons. The second-order valence-corrected chi connectivity index (χ2v) is 8.47. The van der Waals surface area contributed by atoms with Crippen LogP contribution in [0.3, 0.4) is 0 Å². The zero-order chi connectivity index (χ0) is 20.4. The molecule has 2 aromatic heterocycles. The van der Waals surface area contributed by atoms with Crippen LogP contribution in [0.1, 0.15) is 39.4 Å². The Kier molecular flexibility index (Phi) is 5.59. The lowest BCUT2D eigenvalue weighted by Gasteiger charge is -2.09. The van der Waals surface area contributed by atoms with Crippen molar-refractivity contribution in [1.82, 2.24) is 20.4 Å². The zero-order valence-corrected chi connectivity index (χ0v) is 17.3. The lowest BCUT2D eigenvalue weighted by atomic mass is 9.99. The van der Waals surface area contributed by atoms with E-state index >= 15 is 0 Å². The third kappa shape index (κ3) is 4.15. The monoisotopic (exact) mass is 428 g/mol. The van der Waals surface area contributed by atoms with Crippen molar-refractivity contribution in [3.05, 3.63) is 60.8 Å². The number of aromatic nitrogens is 2. The molecule has 0 unspecified atom stereocenters. The molecule has 2 heterocycles. The smallest absolute Gasteiger partial charge is 0.279 e. The Hall–Kier alpha value is -2.78. The number of hydrazine groups is 1. The molecule has 0 atom stereocenters. The largest absolute Gasteiger partial charge is 0.332 e. The Morgan fingerprint density at radius 3 is 2.79 bits per heavy atom. The van der Waals surface area contributed by atoms with Gasteiger partial charge in [0.15, 0.2) is 4.77 Å². The Bertz CT molecular complexity index is 1180. The lowest BCUT2D eigenvalue weighted by molar-refractivity contribution is -0.122. The minimum absolute atomic E-state index is 0.0109. The average Bonchev–Trinajstić information content (AvgIpc) is 3.16. The number of hydrogen-bond acceptors (Lipinski definition) is 5. The molecule has 0 aliphatic heterocycles. The van der Waals surface area contributed by atoms with E-state index in [-0.39, 0.29) is 29.2 Å². The van der Waals surface area contributed by atoms with Crippen molar-refractivity contribution in [2.24, 2.45) is 0 Å². The van der Waals surface area contributed by atoms with Crippen molar-refractivity contribution in [2.45, 2.75) is 38.6 Å². The summed E-state index contributed by atoms with van der Waals surface area (Å²) in [5.41, 5.74) is 6.52. The third-order valence-electron chi connectivity index (χ3n) is 4.99. The van der Waals surface area contributed by atoms with Gasteiger partial charge in [0, 0.05) is 17.8 Å². The van der Waals surface area contributed by atoms with Crippen molar-refractivity contribution in [3.8, 4) is 0 Å². The topological polar surface area (TPSA) is 96.0 Å². The molecule has 7 nitrogen and oxygen atoms in total. The number of hydrogen-bond donors (Lipinski definition) is 3. The first kappa shape index (κ1) is 19.5. The standard InChI is InChI=1S/C20H20N4O3S2/c25-17(22-23-18(26)16-11-12-5-1-4-8-15(12)29-16)9-10-24-19(27)13-6-2-3-7-14(13)21-20(24)28/h2-3,6-7,11H,1,4-5,8-10H2,(H,21,28)(H,22,25)(H,23,26). The first-order chi connectivity index (χ1) is 14.0. The Balaban J connectivity index is 1.36. The maximum absolute atomic E-state index is 12.6. The number of aromatic amines is 1. The molecule has 150 valence electrons. The first-order valence-electron chi connectivity index (χ1n) is 9.45. The molecule has 3 aromatic rings. The predicted octanol–water partition coefficient (Wildman–Crippen LogP) is 2.85. The number of fused-ring (bicyclic) bond motifs is 2. The van der Waals surface area contributed by atoms with Gasteiger partial charge >= 0.3 is 0 Å². The molecule has 1 aromatic carbocycles. The Morgan fingerprint density at radius 1 is 1.17 bits per heavy atom. The summed E-state index contributed by atoms with van der Waals surface area (Å²) in [5.74, 6) is -0.716. The van der Waals surface area contributed by atoms with Gasteiger partial charge in [-0.3, -0.25) is 29.8 Å². The summed E-state index contributed by atoms with van der Waals surface area (Å²) in [7, 11) is 0. The molecule has 0 spiro atoms. The Morgan fingerprint density at radius 2 is 1.97 bits per heavy atom. The average molecular weight is 429 g/mol. The summed E-state index contributed by atoms with van der Waals surface area (Å²) in [6.07, 6.45) is 4.34. The maximum Gasteiger partial charge on any atom is 0.279 e. The molecule has 2 amide bonds. The summed E-state index contributed by atoms with van der Waals surface area (Å²) < 4.78 is 1.61. The van der Waals surface area contributed by atoms with E-state index in [1.807, 2.05) is 12.1 Å². The van der Waals surface area contributed by atoms with E-state index in [1.54, 1.807) is 18.2 Å². The highest BCUT2D eigenvalue weighted by Crippen LogP contribution is 2.29. The van der Waals surface area contributed by atoms with E-state index in [0.29, 0.717) is 15.8 Å². The highest BCUT2D eigenvalue weighted by molar-refractivity contribution is 7.71. The SMILES string of the molecule is O=C(CCn1c(=S)[nH]c2ccccc2c1=O)NNC(=O)c1cc2c(s1)CCCC2. The third-order valence-corrected chi connectivity index (χ3v) is 6.55. The second-order valence-electron chi connectivity index (χ2n) is 6.95. The highest BCUT2D eigenvalue weighted by atomic mass is 32.1. The van der Waals surface area contributed by atoms with Gasteiger partial charge in [-0.15, -0.1) is 11.3 Å². The van der Waals surface area contributed by atoms with Crippen LogP contribution in [0, 0.1) is 4.77 Å². The van der Waals surface area contributed by atoms with Gasteiger partial charge < -0.3 is 4.98 Å². The quantitative estimate of drug-likeness (QED) is 0.440. The number of amides is 2. The number of para-hydroxylation sites is 1. The van der Waals surface area contributed by atoms with Gasteiger partial charge in [-0.2, -0.15) is 0 Å². The van der Waals surface area contributed by atoms with E-state index in [4.69, 9.17) is 12.2 Å². The van der Waals surface area contributed by atoms with Crippen LogP contribution in [0.2, 0.25) is 0 Å². The fourth-order valence-electron chi connectivity index (χ4n) is 3.47. The van der Waals surface area contributed by atoms with Crippen LogP contribution in [-0.2, 0) is 24.2 Å². The summed E-state index contributed by atoms with van der Waals surface area (Å²) in [6.45, 7) is 0.119. The van der Waals surface area contributed by atoms with E-state index in [1.165, 1.54) is 26.3 Å². The number of nitrogens with one attached hydrogen (secondary N) is 3. The number of carbonyl (C=O) groups excluding carboxylic acids is 2. The molecule has 3 N–H and O–H groups in total. The van der Waals surface area contributed by atoms with E-state index in [0.717, 1.165) is 25.7 Å². The van der Waals surface area contributed by atoms with Crippen LogP contribution in [0.5, 0.6) is 0 Å². The van der Waals surface area contributed by atoms with Crippen molar-refractivity contribution < 1.29 is 9.59 Å². The van der Waals surface area contributed by atoms with Gasteiger partial charge in [-0.1, -0.05) is 12.1 Å². The summed E-state index contributed by atoms with van der Waals surface area (Å²) in [6, 6.07) is 8.99. The Labute approximate surface area is 175 Å². The minimum atomic E-state index is -0.394. The second kappa shape index (κ2) is 8.30. The van der Waals surface area contributed by atoms with Gasteiger partial charge in [-0.05, 0) is 61.7 Å². The van der Waals surface area contributed by atoms with Crippen molar-refractivity contribution in [1.29, 1.82) is 0 Å². The fraction of sp³-hybridized carbons (Fsp3) is 0.300. The summed E-state index contributed by atoms with van der Waals surface area (Å²) >= 11 is 6.72. The molecule has 0 bridgehead atoms. The van der Waals surface area contributed by atoms with Crippen molar-refractivity contribution in [2.75, 3.05) is 0 Å². The number of nitrogens with zero attached hydrogens (tertiary/aromatic N) is 1. The number of H-pyrrole nitrogens is 1. The van der Waals surface area contributed by atoms with E-state index in [9.17, 15) is 14.4 Å². The van der Waals surface area contributed by atoms with Crippen LogP contribution in [-0.4, -0.2) is 21.4 Å². The normalized spacial score (nSPS) is 13.1. The van der Waals surface area contributed by atoms with Crippen molar-refractivity contribution >= 4 is 46.3 Å². The van der Waals surface area contributed by atoms with Crippen LogP contribution in [0.25, 0.3) is 10.9 Å². The van der Waals surface area contributed by atoms with Crippen LogP contribution < -0.4 is 16.4 Å². The lowest BCUT2D eigenvalue weighted by Crippen LogP contribution is -2.42. The molecule has 4 rings (SSSR count). The van der Waals surface area contributed by atoms with Gasteiger partial charge in [-0.25, -0.2) is 0 Å². The number of thiophene rings is 1. The fourth-order valence-corrected chi connectivity index (χ4v) is 4.90. The molecule has 1 aliphatic rings. The highest BCUT2D eigenvalue weighted by Gasteiger charge is 2.17. The maximum atomic E-state index is 12.6. The van der Waals surface area contributed by atoms with E-state index in [2.05, 4.69) is 15.8 Å². The van der Waals surface area contributed by atoms with Gasteiger partial charge in [0.25, 0.3) is 11.5 Å². The van der Waals surface area contributed by atoms with Crippen LogP contribution in [0.15, 0.2) is 35.1 Å². The first-order valence-corrected chi connectivity index (χ1v) is 10.7. The van der Waals surface area contributed by atoms with Crippen LogP contribution in [0.4, 0.5) is 0 Å². The molecule has 29 heavy (non-hydrogen) atoms. The zero-order valence-electron chi connectivity index (χ0n) is 15.6. The number of aryl methyl sites for hydroxylation is 2. The molecule has 9 heteroatoms. The summed E-state index contributed by atoms with van der Waals surface area (Å²) in [4.78, 5) is 41.9. The van der Waals surface area contributed by atoms with E-state index < -0.39 is 5.91 Å². The minimum Gasteiger partial charge on any atom is -0.332 e. The molecule has 0 saturated heterocycles. The predicted molar refractivity (Wildman–Crippen MR) is 115 cm³/mol. The number of benzene rings is 1. The van der Waals surface area contributed by atoms with Gasteiger partial charge in [0.1, 0.15) is 0 Å². The van der Waals surface area contributed by atoms with Crippen molar-refractivity contribution in [3.63, 3.8) is 0 Å². The molecular formula is C20H20N4O3S2. The van der Waals surface area contributed by atoms with Crippen LogP contribution >= 0.6 is 23.6 Å². The van der Waals surface area contributed by atoms with Gasteiger partial charge in [0.2, 0.25) is 5.91 Å².